The predicted octanol–water partition coefficient (Wildman–Crippen LogP) is 2.35. The van der Waals surface area contributed by atoms with E-state index in [0.29, 0.717) is 5.82 Å². The summed E-state index contributed by atoms with van der Waals surface area (Å²) in [5, 5.41) is 2.63. The lowest BCUT2D eigenvalue weighted by Gasteiger charge is -2.09. The highest BCUT2D eigenvalue weighted by Crippen LogP contribution is 2.25. The van der Waals surface area contributed by atoms with Gasteiger partial charge in [-0.1, -0.05) is 18.9 Å². The van der Waals surface area contributed by atoms with Gasteiger partial charge in [-0.05, 0) is 25.0 Å². The SMILES string of the molecule is O=C(Nc1cccc(F)n1)C1CCCC1. The summed E-state index contributed by atoms with van der Waals surface area (Å²) in [6.07, 6.45) is 4.08. The van der Waals surface area contributed by atoms with E-state index >= 15 is 0 Å². The Morgan fingerprint density at radius 1 is 1.40 bits per heavy atom. The molecule has 15 heavy (non-hydrogen) atoms. The van der Waals surface area contributed by atoms with E-state index in [1.54, 1.807) is 6.07 Å². The smallest absolute Gasteiger partial charge is 0.228 e. The Morgan fingerprint density at radius 3 is 2.80 bits per heavy atom. The second-order valence-electron chi connectivity index (χ2n) is 3.82. The Hall–Kier alpha value is -1.45. The molecule has 0 aliphatic heterocycles. The lowest BCUT2D eigenvalue weighted by atomic mass is 10.1. The molecule has 1 saturated carbocycles. The third kappa shape index (κ3) is 2.52. The first-order chi connectivity index (χ1) is 7.25. The highest BCUT2D eigenvalue weighted by Gasteiger charge is 2.22. The molecule has 1 aromatic heterocycles. The summed E-state index contributed by atoms with van der Waals surface area (Å²) < 4.78 is 12.7. The van der Waals surface area contributed by atoms with Gasteiger partial charge < -0.3 is 5.32 Å². The molecule has 1 aliphatic carbocycles. The van der Waals surface area contributed by atoms with Crippen LogP contribution < -0.4 is 5.32 Å². The van der Waals surface area contributed by atoms with E-state index in [9.17, 15) is 9.18 Å². The number of amides is 1. The molecule has 0 spiro atoms. The Kier molecular flexibility index (Phi) is 2.94. The van der Waals surface area contributed by atoms with Crippen LogP contribution in [0, 0.1) is 11.9 Å². The topological polar surface area (TPSA) is 42.0 Å². The zero-order chi connectivity index (χ0) is 10.7. The number of anilines is 1. The lowest BCUT2D eigenvalue weighted by Crippen LogP contribution is -2.20. The Morgan fingerprint density at radius 2 is 2.13 bits per heavy atom. The number of carbonyl (C=O) groups is 1. The summed E-state index contributed by atoms with van der Waals surface area (Å²) in [7, 11) is 0. The number of aromatic nitrogens is 1. The average molecular weight is 208 g/mol. The quantitative estimate of drug-likeness (QED) is 0.758. The first kappa shape index (κ1) is 10.1. The molecule has 2 rings (SSSR count). The van der Waals surface area contributed by atoms with E-state index < -0.39 is 5.95 Å². The van der Waals surface area contributed by atoms with Crippen LogP contribution in [0.5, 0.6) is 0 Å². The van der Waals surface area contributed by atoms with Crippen molar-refractivity contribution in [3.8, 4) is 0 Å². The molecular weight excluding hydrogens is 195 g/mol. The highest BCUT2D eigenvalue weighted by molar-refractivity contribution is 5.91. The van der Waals surface area contributed by atoms with Crippen molar-refractivity contribution in [3.05, 3.63) is 24.1 Å². The van der Waals surface area contributed by atoms with Gasteiger partial charge in [0.05, 0.1) is 0 Å². The second-order valence-corrected chi connectivity index (χ2v) is 3.82. The maximum atomic E-state index is 12.7. The summed E-state index contributed by atoms with van der Waals surface area (Å²) in [5.41, 5.74) is 0. The maximum Gasteiger partial charge on any atom is 0.228 e. The number of nitrogens with zero attached hydrogens (tertiary/aromatic N) is 1. The zero-order valence-corrected chi connectivity index (χ0v) is 8.37. The van der Waals surface area contributed by atoms with Crippen LogP contribution in [0.2, 0.25) is 0 Å². The summed E-state index contributed by atoms with van der Waals surface area (Å²) >= 11 is 0. The summed E-state index contributed by atoms with van der Waals surface area (Å²) in [5.74, 6) is -0.230. The van der Waals surface area contributed by atoms with Crippen molar-refractivity contribution in [3.63, 3.8) is 0 Å². The van der Waals surface area contributed by atoms with Crippen LogP contribution in [-0.4, -0.2) is 10.9 Å². The molecular formula is C11H13FN2O. The van der Waals surface area contributed by atoms with E-state index in [0.717, 1.165) is 25.7 Å². The van der Waals surface area contributed by atoms with E-state index in [2.05, 4.69) is 10.3 Å². The van der Waals surface area contributed by atoms with Gasteiger partial charge in [0.25, 0.3) is 0 Å². The van der Waals surface area contributed by atoms with Gasteiger partial charge in [0.1, 0.15) is 5.82 Å². The van der Waals surface area contributed by atoms with Crippen LogP contribution >= 0.6 is 0 Å². The number of hydrogen-bond acceptors (Lipinski definition) is 2. The van der Waals surface area contributed by atoms with Crippen molar-refractivity contribution < 1.29 is 9.18 Å². The predicted molar refractivity (Wildman–Crippen MR) is 54.8 cm³/mol. The summed E-state index contributed by atoms with van der Waals surface area (Å²) in [6.45, 7) is 0. The second kappa shape index (κ2) is 4.38. The highest BCUT2D eigenvalue weighted by atomic mass is 19.1. The molecule has 1 fully saturated rings. The molecule has 4 heteroatoms. The van der Waals surface area contributed by atoms with Crippen LogP contribution in [0.1, 0.15) is 25.7 Å². The van der Waals surface area contributed by atoms with Crippen molar-refractivity contribution >= 4 is 11.7 Å². The number of halogens is 1. The van der Waals surface area contributed by atoms with Gasteiger partial charge >= 0.3 is 0 Å². The minimum atomic E-state index is -0.570. The molecule has 1 aromatic rings. The molecule has 1 heterocycles. The molecule has 0 radical (unpaired) electrons. The minimum absolute atomic E-state index is 0.0365. The van der Waals surface area contributed by atoms with Crippen molar-refractivity contribution in [2.24, 2.45) is 5.92 Å². The van der Waals surface area contributed by atoms with Crippen LogP contribution in [-0.2, 0) is 4.79 Å². The van der Waals surface area contributed by atoms with Crippen molar-refractivity contribution in [1.29, 1.82) is 0 Å². The Balaban J connectivity index is 1.99. The van der Waals surface area contributed by atoms with Crippen LogP contribution in [0.25, 0.3) is 0 Å². The average Bonchev–Trinajstić information content (AvgIpc) is 2.70. The third-order valence-electron chi connectivity index (χ3n) is 2.69. The van der Waals surface area contributed by atoms with Gasteiger partial charge in [-0.15, -0.1) is 0 Å². The molecule has 0 bridgehead atoms. The largest absolute Gasteiger partial charge is 0.310 e. The van der Waals surface area contributed by atoms with E-state index in [1.807, 2.05) is 0 Å². The van der Waals surface area contributed by atoms with E-state index in [-0.39, 0.29) is 11.8 Å². The Bertz CT molecular complexity index is 361. The zero-order valence-electron chi connectivity index (χ0n) is 8.37. The first-order valence-electron chi connectivity index (χ1n) is 5.19. The van der Waals surface area contributed by atoms with E-state index in [4.69, 9.17) is 0 Å². The van der Waals surface area contributed by atoms with Crippen LogP contribution in [0.15, 0.2) is 18.2 Å². The van der Waals surface area contributed by atoms with Crippen LogP contribution in [0.4, 0.5) is 10.2 Å². The molecule has 0 saturated heterocycles. The Labute approximate surface area is 87.7 Å². The summed E-state index contributed by atoms with van der Waals surface area (Å²) in [6, 6.07) is 4.38. The molecule has 0 atom stereocenters. The van der Waals surface area contributed by atoms with Gasteiger partial charge in [0.2, 0.25) is 11.9 Å². The fourth-order valence-electron chi connectivity index (χ4n) is 1.89. The van der Waals surface area contributed by atoms with Gasteiger partial charge in [0.15, 0.2) is 0 Å². The first-order valence-corrected chi connectivity index (χ1v) is 5.19. The van der Waals surface area contributed by atoms with Gasteiger partial charge in [-0.2, -0.15) is 4.39 Å². The van der Waals surface area contributed by atoms with E-state index in [1.165, 1.54) is 12.1 Å². The standard InChI is InChI=1S/C11H13FN2O/c12-9-6-3-7-10(13-9)14-11(15)8-4-1-2-5-8/h3,6-8H,1-2,4-5H2,(H,13,14,15). The number of nitrogens with one attached hydrogen (secondary N) is 1. The van der Waals surface area contributed by atoms with Gasteiger partial charge in [-0.3, -0.25) is 4.79 Å². The fraction of sp³-hybridized carbons (Fsp3) is 0.455. The van der Waals surface area contributed by atoms with Crippen LogP contribution in [0.3, 0.4) is 0 Å². The van der Waals surface area contributed by atoms with Gasteiger partial charge in [0, 0.05) is 5.92 Å². The number of pyridine rings is 1. The van der Waals surface area contributed by atoms with Gasteiger partial charge in [-0.25, -0.2) is 4.98 Å². The number of rotatable bonds is 2. The minimum Gasteiger partial charge on any atom is -0.310 e. The lowest BCUT2D eigenvalue weighted by molar-refractivity contribution is -0.119. The summed E-state index contributed by atoms with van der Waals surface area (Å²) in [4.78, 5) is 15.2. The molecule has 3 nitrogen and oxygen atoms in total. The number of hydrogen-bond donors (Lipinski definition) is 1. The fourth-order valence-corrected chi connectivity index (χ4v) is 1.89. The molecule has 1 aliphatic rings. The van der Waals surface area contributed by atoms with Crippen molar-refractivity contribution in [1.82, 2.24) is 4.98 Å². The molecule has 1 amide bonds. The normalized spacial score (nSPS) is 16.6. The molecule has 0 aromatic carbocycles. The number of carbonyl (C=O) groups excluding carboxylic acids is 1. The third-order valence-corrected chi connectivity index (χ3v) is 2.69. The van der Waals surface area contributed by atoms with Crippen molar-refractivity contribution in [2.75, 3.05) is 5.32 Å². The maximum absolute atomic E-state index is 12.7. The monoisotopic (exact) mass is 208 g/mol. The molecule has 80 valence electrons. The van der Waals surface area contributed by atoms with Crippen molar-refractivity contribution in [2.45, 2.75) is 25.7 Å². The molecule has 1 N–H and O–H groups in total. The molecule has 0 unspecified atom stereocenters.